The summed E-state index contributed by atoms with van der Waals surface area (Å²) in [5.41, 5.74) is 3.60. The van der Waals surface area contributed by atoms with Gasteiger partial charge in [-0.3, -0.25) is 4.79 Å². The molecule has 0 saturated carbocycles. The van der Waals surface area contributed by atoms with Crippen molar-refractivity contribution in [2.45, 2.75) is 51.0 Å². The second-order valence-corrected chi connectivity index (χ2v) is 7.58. The van der Waals surface area contributed by atoms with Gasteiger partial charge in [0.25, 0.3) is 0 Å². The highest BCUT2D eigenvalue weighted by molar-refractivity contribution is 5.91. The van der Waals surface area contributed by atoms with Crippen LogP contribution in [0.2, 0.25) is 0 Å². The lowest BCUT2D eigenvalue weighted by atomic mass is 9.89. The van der Waals surface area contributed by atoms with Gasteiger partial charge in [0.2, 0.25) is 12.2 Å². The first kappa shape index (κ1) is 22.5. The van der Waals surface area contributed by atoms with Crippen LogP contribution in [0.5, 0.6) is 5.75 Å². The molecule has 2 aromatic rings. The first-order valence-corrected chi connectivity index (χ1v) is 9.38. The van der Waals surface area contributed by atoms with Gasteiger partial charge in [0, 0.05) is 25.5 Å². The minimum atomic E-state index is -1.29. The second kappa shape index (κ2) is 8.53. The number of carbonyl (C=O) groups is 2. The van der Waals surface area contributed by atoms with Gasteiger partial charge >= 0.3 is 11.7 Å². The fourth-order valence-electron chi connectivity index (χ4n) is 3.53. The molecule has 11 heteroatoms. The van der Waals surface area contributed by atoms with E-state index in [9.17, 15) is 19.5 Å². The van der Waals surface area contributed by atoms with Crippen LogP contribution < -0.4 is 21.4 Å². The lowest BCUT2D eigenvalue weighted by Crippen LogP contribution is -2.65. The maximum Gasteiger partial charge on any atom is 0.405 e. The summed E-state index contributed by atoms with van der Waals surface area (Å²) in [4.78, 5) is 34.6. The number of fused-ring (bicyclic) bond motifs is 1. The largest absolute Gasteiger partial charge is 0.461 e. The highest BCUT2D eigenvalue weighted by atomic mass is 16.7. The number of carbonyl (C=O) groups excluding carboxylic acids is 2. The number of ether oxygens (including phenoxy) is 4. The van der Waals surface area contributed by atoms with Gasteiger partial charge in [-0.1, -0.05) is 0 Å². The van der Waals surface area contributed by atoms with Gasteiger partial charge in [-0.05, 0) is 32.0 Å². The first-order chi connectivity index (χ1) is 14.5. The number of anilines is 1. The molecule has 1 saturated heterocycles. The number of nitrogens with two attached hydrogens (primary N) is 1. The van der Waals surface area contributed by atoms with E-state index >= 15 is 0 Å². The van der Waals surface area contributed by atoms with E-state index in [2.05, 4.69) is 5.32 Å². The number of benzene rings is 1. The normalized spacial score (nSPS) is 25.1. The van der Waals surface area contributed by atoms with Crippen LogP contribution in [0.25, 0.3) is 11.0 Å². The van der Waals surface area contributed by atoms with E-state index in [1.54, 1.807) is 26.0 Å². The van der Waals surface area contributed by atoms with Gasteiger partial charge in [0.1, 0.15) is 29.2 Å². The summed E-state index contributed by atoms with van der Waals surface area (Å²) in [5, 5.41) is 13.6. The molecule has 31 heavy (non-hydrogen) atoms. The third-order valence-electron chi connectivity index (χ3n) is 4.80. The molecule has 0 spiro atoms. The van der Waals surface area contributed by atoms with Crippen molar-refractivity contribution in [2.75, 3.05) is 12.4 Å². The number of methoxy groups -OCH3 is 1. The predicted molar refractivity (Wildman–Crippen MR) is 108 cm³/mol. The average Bonchev–Trinajstić information content (AvgIpc) is 2.65. The predicted octanol–water partition coefficient (Wildman–Crippen LogP) is 1.10. The molecule has 1 aromatic heterocycles. The molecule has 1 unspecified atom stereocenters. The van der Waals surface area contributed by atoms with Crippen LogP contribution in [0.1, 0.15) is 20.8 Å². The number of hydrogen-bond acceptors (Lipinski definition) is 9. The molecule has 0 radical (unpaired) electrons. The zero-order valence-electron chi connectivity index (χ0n) is 17.4. The molecule has 11 nitrogen and oxygen atoms in total. The second-order valence-electron chi connectivity index (χ2n) is 7.58. The van der Waals surface area contributed by atoms with Crippen molar-refractivity contribution in [2.24, 2.45) is 5.73 Å². The molecule has 2 heterocycles. The summed E-state index contributed by atoms with van der Waals surface area (Å²) < 4.78 is 27.3. The standard InChI is InChI=1S/C20H24N2O9/c1-9(23)22-12-7-10-5-6-11(8-13(10)29-17(12)25)28-18-15(30-19(21)26)14(24)16(27-4)20(2,3)31-18/h5-8,14-16,18,24H,1-4H3,(H2,21,26)(H,22,23)/t14-,15?,16+,18+/m0/s1. The Morgan fingerprint density at radius 2 is 1.97 bits per heavy atom. The summed E-state index contributed by atoms with van der Waals surface area (Å²) in [6.07, 6.45) is -5.73. The quantitative estimate of drug-likeness (QED) is 0.583. The van der Waals surface area contributed by atoms with Crippen LogP contribution in [-0.4, -0.2) is 54.4 Å². The first-order valence-electron chi connectivity index (χ1n) is 9.38. The Balaban J connectivity index is 1.92. The Hall–Kier alpha value is -3.15. The minimum absolute atomic E-state index is 0.00897. The lowest BCUT2D eigenvalue weighted by Gasteiger charge is -2.47. The Bertz CT molecular complexity index is 1050. The van der Waals surface area contributed by atoms with Crippen molar-refractivity contribution in [1.29, 1.82) is 0 Å². The Kier molecular flexibility index (Phi) is 6.20. The number of aliphatic hydroxyl groups excluding tert-OH is 1. The molecular formula is C20H24N2O9. The molecule has 3 rings (SSSR count). The van der Waals surface area contributed by atoms with E-state index < -0.39 is 47.8 Å². The molecule has 1 fully saturated rings. The van der Waals surface area contributed by atoms with Crippen molar-refractivity contribution in [3.05, 3.63) is 34.7 Å². The van der Waals surface area contributed by atoms with E-state index in [1.165, 1.54) is 26.2 Å². The fourth-order valence-corrected chi connectivity index (χ4v) is 3.53. The van der Waals surface area contributed by atoms with Gasteiger partial charge in [-0.15, -0.1) is 0 Å². The number of hydrogen-bond donors (Lipinski definition) is 3. The summed E-state index contributed by atoms with van der Waals surface area (Å²) in [5.74, 6) is -0.193. The number of rotatable bonds is 5. The fraction of sp³-hybridized carbons (Fsp3) is 0.450. The van der Waals surface area contributed by atoms with E-state index in [0.29, 0.717) is 5.39 Å². The van der Waals surface area contributed by atoms with Crippen LogP contribution in [-0.2, 0) is 19.0 Å². The number of aliphatic hydroxyl groups is 1. The molecule has 1 aliphatic heterocycles. The van der Waals surface area contributed by atoms with Gasteiger partial charge < -0.3 is 39.5 Å². The summed E-state index contributed by atoms with van der Waals surface area (Å²) >= 11 is 0. The molecule has 1 aliphatic rings. The summed E-state index contributed by atoms with van der Waals surface area (Å²) in [6, 6.07) is 6.07. The topological polar surface area (TPSA) is 160 Å². The number of amides is 2. The monoisotopic (exact) mass is 436 g/mol. The maximum absolute atomic E-state index is 12.1. The van der Waals surface area contributed by atoms with Crippen molar-refractivity contribution in [1.82, 2.24) is 0 Å². The van der Waals surface area contributed by atoms with E-state index in [1.807, 2.05) is 0 Å². The molecule has 1 aromatic carbocycles. The number of nitrogens with one attached hydrogen (secondary N) is 1. The molecule has 0 bridgehead atoms. The van der Waals surface area contributed by atoms with Gasteiger partial charge in [-0.2, -0.15) is 0 Å². The highest BCUT2D eigenvalue weighted by Crippen LogP contribution is 2.34. The zero-order valence-corrected chi connectivity index (χ0v) is 17.4. The van der Waals surface area contributed by atoms with Crippen LogP contribution >= 0.6 is 0 Å². The van der Waals surface area contributed by atoms with Crippen LogP contribution in [0.4, 0.5) is 10.5 Å². The Morgan fingerprint density at radius 1 is 1.26 bits per heavy atom. The maximum atomic E-state index is 12.1. The van der Waals surface area contributed by atoms with Gasteiger partial charge in [-0.25, -0.2) is 9.59 Å². The van der Waals surface area contributed by atoms with Crippen LogP contribution in [0.15, 0.2) is 33.5 Å². The number of primary amides is 1. The smallest absolute Gasteiger partial charge is 0.405 e. The van der Waals surface area contributed by atoms with Crippen molar-refractivity contribution >= 4 is 28.7 Å². The Morgan fingerprint density at radius 3 is 2.58 bits per heavy atom. The van der Waals surface area contributed by atoms with Gasteiger partial charge in [0.15, 0.2) is 6.10 Å². The third-order valence-corrected chi connectivity index (χ3v) is 4.80. The Labute approximate surface area is 177 Å². The van der Waals surface area contributed by atoms with Crippen molar-refractivity contribution in [3.8, 4) is 5.75 Å². The lowest BCUT2D eigenvalue weighted by molar-refractivity contribution is -0.304. The van der Waals surface area contributed by atoms with E-state index in [-0.39, 0.29) is 17.0 Å². The van der Waals surface area contributed by atoms with Crippen molar-refractivity contribution < 1.29 is 38.1 Å². The molecule has 4 atom stereocenters. The van der Waals surface area contributed by atoms with Gasteiger partial charge in [0.05, 0.1) is 5.60 Å². The minimum Gasteiger partial charge on any atom is -0.461 e. The molecule has 0 aliphatic carbocycles. The average molecular weight is 436 g/mol. The molecule has 2 amide bonds. The molecule has 168 valence electrons. The summed E-state index contributed by atoms with van der Waals surface area (Å²) in [7, 11) is 1.39. The SMILES string of the molecule is CO[C@@H]1[C@@H](O)C(OC(N)=O)[C@H](Oc2ccc3cc(NC(C)=O)c(=O)oc3c2)OC1(C)C. The molecular weight excluding hydrogens is 412 g/mol. The molecule has 4 N–H and O–H groups in total. The van der Waals surface area contributed by atoms with E-state index in [4.69, 9.17) is 29.1 Å². The highest BCUT2D eigenvalue weighted by Gasteiger charge is 2.52. The zero-order chi connectivity index (χ0) is 22.9. The van der Waals surface area contributed by atoms with Crippen LogP contribution in [0.3, 0.4) is 0 Å². The van der Waals surface area contributed by atoms with Crippen LogP contribution in [0, 0.1) is 0 Å². The summed E-state index contributed by atoms with van der Waals surface area (Å²) in [6.45, 7) is 4.65. The van der Waals surface area contributed by atoms with Crippen molar-refractivity contribution in [3.63, 3.8) is 0 Å². The van der Waals surface area contributed by atoms with E-state index in [0.717, 1.165) is 0 Å². The third kappa shape index (κ3) is 4.79.